The number of rotatable bonds is 2. The third-order valence-electron chi connectivity index (χ3n) is 5.10. The molecule has 27 heavy (non-hydrogen) atoms. The van der Waals surface area contributed by atoms with E-state index in [2.05, 4.69) is 20.1 Å². The van der Waals surface area contributed by atoms with Crippen LogP contribution in [0.15, 0.2) is 37.1 Å². The van der Waals surface area contributed by atoms with Gasteiger partial charge in [0.25, 0.3) is 5.91 Å². The Kier molecular flexibility index (Phi) is 3.36. The number of nitrogens with one attached hydrogen (secondary N) is 1. The van der Waals surface area contributed by atoms with Crippen molar-refractivity contribution in [3.63, 3.8) is 0 Å². The van der Waals surface area contributed by atoms with Gasteiger partial charge in [0.1, 0.15) is 12.4 Å². The summed E-state index contributed by atoms with van der Waals surface area (Å²) in [6.07, 6.45) is 5.69. The Bertz CT molecular complexity index is 1150. The van der Waals surface area contributed by atoms with Crippen molar-refractivity contribution in [2.24, 2.45) is 7.05 Å². The fourth-order valence-corrected chi connectivity index (χ4v) is 3.72. The van der Waals surface area contributed by atoms with E-state index in [0.717, 1.165) is 28.2 Å². The predicted molar refractivity (Wildman–Crippen MR) is 96.1 cm³/mol. The van der Waals surface area contributed by atoms with E-state index in [1.54, 1.807) is 18.3 Å². The minimum atomic E-state index is -0.372. The predicted octanol–water partition coefficient (Wildman–Crippen LogP) is 1.28. The minimum Gasteiger partial charge on any atom is -0.348 e. The second-order valence-corrected chi connectivity index (χ2v) is 6.71. The Labute approximate surface area is 154 Å². The number of carbonyl (C=O) groups is 1. The Morgan fingerprint density at radius 2 is 2.22 bits per heavy atom. The van der Waals surface area contributed by atoms with Crippen LogP contribution in [0.1, 0.15) is 39.3 Å². The van der Waals surface area contributed by atoms with Crippen molar-refractivity contribution in [3.8, 4) is 0 Å². The lowest BCUT2D eigenvalue weighted by atomic mass is 9.99. The monoisotopic (exact) mass is 362 g/mol. The lowest BCUT2D eigenvalue weighted by Crippen LogP contribution is -2.42. The number of amides is 1. The van der Waals surface area contributed by atoms with Gasteiger partial charge >= 0.3 is 0 Å². The van der Waals surface area contributed by atoms with E-state index in [9.17, 15) is 4.79 Å². The third kappa shape index (κ3) is 2.35. The van der Waals surface area contributed by atoms with Gasteiger partial charge in [-0.15, -0.1) is 0 Å². The van der Waals surface area contributed by atoms with E-state index >= 15 is 0 Å². The van der Waals surface area contributed by atoms with Gasteiger partial charge in [-0.3, -0.25) is 4.79 Å². The SMILES string of the molecule is Cc1cccn2nc([C@H]3c4nc[nH]c4CCN3C(=O)c3ncnn3C)cc12. The first-order chi connectivity index (χ1) is 13.1. The first-order valence-electron chi connectivity index (χ1n) is 8.75. The summed E-state index contributed by atoms with van der Waals surface area (Å²) >= 11 is 0. The number of fused-ring (bicyclic) bond motifs is 2. The maximum absolute atomic E-state index is 13.2. The van der Waals surface area contributed by atoms with Crippen molar-refractivity contribution < 1.29 is 4.79 Å². The van der Waals surface area contributed by atoms with Crippen molar-refractivity contribution in [2.45, 2.75) is 19.4 Å². The number of H-pyrrole nitrogens is 1. The molecule has 0 spiro atoms. The molecule has 0 fully saturated rings. The van der Waals surface area contributed by atoms with Crippen LogP contribution in [-0.2, 0) is 13.5 Å². The number of hydrogen-bond donors (Lipinski definition) is 1. The van der Waals surface area contributed by atoms with Crippen LogP contribution < -0.4 is 0 Å². The second-order valence-electron chi connectivity index (χ2n) is 6.71. The average molecular weight is 362 g/mol. The van der Waals surface area contributed by atoms with Crippen molar-refractivity contribution >= 4 is 11.4 Å². The first-order valence-corrected chi connectivity index (χ1v) is 8.75. The maximum atomic E-state index is 13.2. The summed E-state index contributed by atoms with van der Waals surface area (Å²) < 4.78 is 3.34. The molecule has 4 aromatic rings. The molecular weight excluding hydrogens is 344 g/mol. The minimum absolute atomic E-state index is 0.178. The normalized spacial score (nSPS) is 16.7. The molecule has 1 aliphatic rings. The topological polar surface area (TPSA) is 97.0 Å². The van der Waals surface area contributed by atoms with Gasteiger partial charge in [0, 0.05) is 31.9 Å². The van der Waals surface area contributed by atoms with Crippen molar-refractivity contribution in [3.05, 3.63) is 65.5 Å². The summed E-state index contributed by atoms with van der Waals surface area (Å²) in [7, 11) is 1.72. The van der Waals surface area contributed by atoms with Crippen molar-refractivity contribution in [2.75, 3.05) is 6.54 Å². The molecular formula is C18H18N8O. The number of pyridine rings is 1. The molecule has 0 radical (unpaired) electrons. The lowest BCUT2D eigenvalue weighted by Gasteiger charge is -2.33. The second kappa shape index (κ2) is 5.76. The number of hydrogen-bond acceptors (Lipinski definition) is 5. The quantitative estimate of drug-likeness (QED) is 0.579. The molecule has 9 nitrogen and oxygen atoms in total. The van der Waals surface area contributed by atoms with Crippen LogP contribution in [0.4, 0.5) is 0 Å². The highest BCUT2D eigenvalue weighted by atomic mass is 16.2. The van der Waals surface area contributed by atoms with Crippen molar-refractivity contribution in [1.29, 1.82) is 0 Å². The van der Waals surface area contributed by atoms with Crippen LogP contribution in [0.25, 0.3) is 5.52 Å². The summed E-state index contributed by atoms with van der Waals surface area (Å²) in [4.78, 5) is 26.8. The molecule has 1 amide bonds. The van der Waals surface area contributed by atoms with Crippen LogP contribution in [0.5, 0.6) is 0 Å². The molecule has 5 heterocycles. The molecule has 5 rings (SSSR count). The van der Waals surface area contributed by atoms with Crippen LogP contribution in [-0.4, -0.2) is 51.7 Å². The maximum Gasteiger partial charge on any atom is 0.292 e. The Morgan fingerprint density at radius 1 is 1.33 bits per heavy atom. The molecule has 0 unspecified atom stereocenters. The summed E-state index contributed by atoms with van der Waals surface area (Å²) in [5.41, 5.74) is 4.79. The molecule has 0 bridgehead atoms. The highest BCUT2D eigenvalue weighted by molar-refractivity contribution is 5.91. The van der Waals surface area contributed by atoms with E-state index in [1.165, 1.54) is 11.0 Å². The number of aromatic amines is 1. The molecule has 0 aliphatic carbocycles. The number of carbonyl (C=O) groups excluding carboxylic acids is 1. The first kappa shape index (κ1) is 15.7. The number of imidazole rings is 1. The molecule has 0 aromatic carbocycles. The van der Waals surface area contributed by atoms with Gasteiger partial charge in [-0.1, -0.05) is 6.07 Å². The number of nitrogens with zero attached hydrogens (tertiary/aromatic N) is 7. The van der Waals surface area contributed by atoms with E-state index in [1.807, 2.05) is 35.8 Å². The van der Waals surface area contributed by atoms with Crippen LogP contribution in [0, 0.1) is 6.92 Å². The third-order valence-corrected chi connectivity index (χ3v) is 5.10. The Balaban J connectivity index is 1.66. The standard InChI is InChI=1S/C18H18N8O/c1-11-4-3-6-26-14(11)8-13(23-26)16-15-12(19-9-20-15)5-7-25(16)18(27)17-21-10-22-24(17)2/h3-4,6,8-10,16H,5,7H2,1-2H3,(H,19,20)/t16-/m0/s1. The summed E-state index contributed by atoms with van der Waals surface area (Å²) in [5.74, 6) is 0.126. The van der Waals surface area contributed by atoms with Gasteiger partial charge in [-0.05, 0) is 24.6 Å². The van der Waals surface area contributed by atoms with E-state index in [-0.39, 0.29) is 11.9 Å². The van der Waals surface area contributed by atoms with Gasteiger partial charge < -0.3 is 9.88 Å². The van der Waals surface area contributed by atoms with Gasteiger partial charge in [-0.2, -0.15) is 10.2 Å². The van der Waals surface area contributed by atoms with E-state index < -0.39 is 0 Å². The van der Waals surface area contributed by atoms with E-state index in [4.69, 9.17) is 5.10 Å². The molecule has 9 heteroatoms. The summed E-state index contributed by atoms with van der Waals surface area (Å²) in [6.45, 7) is 2.60. The van der Waals surface area contributed by atoms with Crippen molar-refractivity contribution in [1.82, 2.24) is 39.2 Å². The van der Waals surface area contributed by atoms with Crippen LogP contribution in [0.2, 0.25) is 0 Å². The Morgan fingerprint density at radius 3 is 3.00 bits per heavy atom. The van der Waals surface area contributed by atoms with E-state index in [0.29, 0.717) is 18.8 Å². The molecule has 0 saturated carbocycles. The zero-order valence-electron chi connectivity index (χ0n) is 15.0. The molecule has 4 aromatic heterocycles. The fraction of sp³-hybridized carbons (Fsp3) is 0.278. The fourth-order valence-electron chi connectivity index (χ4n) is 3.72. The molecule has 1 aliphatic heterocycles. The Hall–Kier alpha value is -3.49. The lowest BCUT2D eigenvalue weighted by molar-refractivity contribution is 0.0669. The number of aryl methyl sites for hydroxylation is 2. The van der Waals surface area contributed by atoms with Gasteiger partial charge in [0.2, 0.25) is 5.82 Å². The molecule has 136 valence electrons. The number of aromatic nitrogens is 7. The van der Waals surface area contributed by atoms with Gasteiger partial charge in [0.15, 0.2) is 0 Å². The average Bonchev–Trinajstić information content (AvgIpc) is 3.39. The van der Waals surface area contributed by atoms with Gasteiger partial charge in [0.05, 0.1) is 23.2 Å². The highest BCUT2D eigenvalue weighted by Crippen LogP contribution is 2.34. The molecule has 1 N–H and O–H groups in total. The summed E-state index contributed by atoms with van der Waals surface area (Å²) in [5, 5.41) is 8.77. The van der Waals surface area contributed by atoms with Crippen LogP contribution in [0.3, 0.4) is 0 Å². The van der Waals surface area contributed by atoms with Crippen LogP contribution >= 0.6 is 0 Å². The summed E-state index contributed by atoms with van der Waals surface area (Å²) in [6, 6.07) is 5.66. The highest BCUT2D eigenvalue weighted by Gasteiger charge is 2.37. The zero-order valence-corrected chi connectivity index (χ0v) is 15.0. The largest absolute Gasteiger partial charge is 0.348 e. The molecule has 1 atom stereocenters. The smallest absolute Gasteiger partial charge is 0.292 e. The molecule has 0 saturated heterocycles. The zero-order chi connectivity index (χ0) is 18.5. The van der Waals surface area contributed by atoms with Gasteiger partial charge in [-0.25, -0.2) is 19.2 Å².